The molecule has 1 atom stereocenters. The molecule has 82 valence electrons. The molecule has 0 saturated carbocycles. The summed E-state index contributed by atoms with van der Waals surface area (Å²) >= 11 is 0. The molecule has 0 heterocycles. The van der Waals surface area contributed by atoms with Crippen molar-refractivity contribution in [1.82, 2.24) is 0 Å². The van der Waals surface area contributed by atoms with Gasteiger partial charge >= 0.3 is 11.9 Å². The van der Waals surface area contributed by atoms with Crippen LogP contribution in [0.25, 0.3) is 0 Å². The van der Waals surface area contributed by atoms with Crippen molar-refractivity contribution in [1.29, 1.82) is 0 Å². The van der Waals surface area contributed by atoms with Crippen LogP contribution in [0.2, 0.25) is 0 Å². The van der Waals surface area contributed by atoms with Gasteiger partial charge in [-0.3, -0.25) is 9.59 Å². The van der Waals surface area contributed by atoms with E-state index in [1.165, 1.54) is 0 Å². The Morgan fingerprint density at radius 2 is 1.64 bits per heavy atom. The highest BCUT2D eigenvalue weighted by molar-refractivity contribution is 5.70. The van der Waals surface area contributed by atoms with Crippen LogP contribution in [0.3, 0.4) is 0 Å². The van der Waals surface area contributed by atoms with E-state index < -0.39 is 17.9 Å². The van der Waals surface area contributed by atoms with Crippen molar-refractivity contribution in [2.75, 3.05) is 6.61 Å². The average Bonchev–Trinajstić information content (AvgIpc) is 2.09. The average molecular weight is 204 g/mol. The van der Waals surface area contributed by atoms with E-state index in [0.29, 0.717) is 25.7 Å². The zero-order valence-corrected chi connectivity index (χ0v) is 7.98. The van der Waals surface area contributed by atoms with Crippen molar-refractivity contribution in [2.24, 2.45) is 5.92 Å². The summed E-state index contributed by atoms with van der Waals surface area (Å²) in [5, 5.41) is 25.6. The predicted molar refractivity (Wildman–Crippen MR) is 48.9 cm³/mol. The maximum absolute atomic E-state index is 10.7. The van der Waals surface area contributed by atoms with Crippen molar-refractivity contribution in [2.45, 2.75) is 32.1 Å². The van der Waals surface area contributed by atoms with Gasteiger partial charge in [-0.1, -0.05) is 0 Å². The number of aliphatic hydroxyl groups excluding tert-OH is 1. The van der Waals surface area contributed by atoms with E-state index in [1.807, 2.05) is 0 Å². The molecular weight excluding hydrogens is 188 g/mol. The molecule has 0 fully saturated rings. The zero-order valence-electron chi connectivity index (χ0n) is 7.98. The summed E-state index contributed by atoms with van der Waals surface area (Å²) in [5.41, 5.74) is 0. The molecule has 5 heteroatoms. The van der Waals surface area contributed by atoms with Crippen LogP contribution in [0.5, 0.6) is 0 Å². The molecule has 0 aromatic carbocycles. The lowest BCUT2D eigenvalue weighted by atomic mass is 9.97. The number of hydrogen-bond acceptors (Lipinski definition) is 3. The van der Waals surface area contributed by atoms with Gasteiger partial charge in [-0.2, -0.15) is 0 Å². The Balaban J connectivity index is 3.73. The number of hydrogen-bond donors (Lipinski definition) is 3. The SMILES string of the molecule is O=C(O)CCCC(CCCO)C(=O)O. The highest BCUT2D eigenvalue weighted by Crippen LogP contribution is 2.14. The van der Waals surface area contributed by atoms with Crippen LogP contribution >= 0.6 is 0 Å². The second kappa shape index (κ2) is 7.32. The molecule has 1 unspecified atom stereocenters. The lowest BCUT2D eigenvalue weighted by Crippen LogP contribution is -2.14. The minimum Gasteiger partial charge on any atom is -0.481 e. The Bertz CT molecular complexity index is 190. The van der Waals surface area contributed by atoms with Gasteiger partial charge in [0.25, 0.3) is 0 Å². The molecule has 0 aromatic heterocycles. The normalized spacial score (nSPS) is 12.4. The highest BCUT2D eigenvalue weighted by atomic mass is 16.4. The number of carboxylic acids is 2. The Morgan fingerprint density at radius 1 is 1.07 bits per heavy atom. The largest absolute Gasteiger partial charge is 0.481 e. The summed E-state index contributed by atoms with van der Waals surface area (Å²) in [6, 6.07) is 0. The highest BCUT2D eigenvalue weighted by Gasteiger charge is 2.16. The third kappa shape index (κ3) is 6.42. The first-order valence-electron chi connectivity index (χ1n) is 4.63. The molecule has 3 N–H and O–H groups in total. The monoisotopic (exact) mass is 204 g/mol. The molecule has 14 heavy (non-hydrogen) atoms. The van der Waals surface area contributed by atoms with E-state index in [2.05, 4.69) is 0 Å². The molecule has 0 aliphatic carbocycles. The van der Waals surface area contributed by atoms with E-state index in [1.54, 1.807) is 0 Å². The lowest BCUT2D eigenvalue weighted by molar-refractivity contribution is -0.143. The smallest absolute Gasteiger partial charge is 0.306 e. The third-order valence-electron chi connectivity index (χ3n) is 2.00. The summed E-state index contributed by atoms with van der Waals surface area (Å²) in [6.45, 7) is -0.0251. The number of carbonyl (C=O) groups is 2. The summed E-state index contributed by atoms with van der Waals surface area (Å²) in [7, 11) is 0. The van der Waals surface area contributed by atoms with Gasteiger partial charge in [-0.05, 0) is 25.7 Å². The second-order valence-electron chi connectivity index (χ2n) is 3.19. The van der Waals surface area contributed by atoms with E-state index in [4.69, 9.17) is 15.3 Å². The third-order valence-corrected chi connectivity index (χ3v) is 2.00. The summed E-state index contributed by atoms with van der Waals surface area (Å²) in [4.78, 5) is 20.8. The first kappa shape index (κ1) is 12.9. The first-order chi connectivity index (χ1) is 6.57. The van der Waals surface area contributed by atoms with Gasteiger partial charge in [-0.25, -0.2) is 0 Å². The van der Waals surface area contributed by atoms with Gasteiger partial charge in [0.15, 0.2) is 0 Å². The molecule has 0 amide bonds. The Kier molecular flexibility index (Phi) is 6.74. The van der Waals surface area contributed by atoms with Crippen molar-refractivity contribution in [3.05, 3.63) is 0 Å². The molecule has 0 radical (unpaired) electrons. The molecule has 0 saturated heterocycles. The van der Waals surface area contributed by atoms with E-state index in [-0.39, 0.29) is 13.0 Å². The topological polar surface area (TPSA) is 94.8 Å². The molecule has 0 aliphatic rings. The van der Waals surface area contributed by atoms with Gasteiger partial charge < -0.3 is 15.3 Å². The molecule has 0 aromatic rings. The fourth-order valence-electron chi connectivity index (χ4n) is 1.23. The van der Waals surface area contributed by atoms with Crippen LogP contribution in [0.1, 0.15) is 32.1 Å². The molecule has 0 spiro atoms. The number of aliphatic hydroxyl groups is 1. The fourth-order valence-corrected chi connectivity index (χ4v) is 1.23. The maximum Gasteiger partial charge on any atom is 0.306 e. The summed E-state index contributed by atoms with van der Waals surface area (Å²) < 4.78 is 0. The second-order valence-corrected chi connectivity index (χ2v) is 3.19. The van der Waals surface area contributed by atoms with Crippen LogP contribution in [-0.4, -0.2) is 33.9 Å². The van der Waals surface area contributed by atoms with Gasteiger partial charge in [0, 0.05) is 13.0 Å². The Hall–Kier alpha value is -1.10. The molecular formula is C9H16O5. The van der Waals surface area contributed by atoms with Crippen molar-refractivity contribution in [3.8, 4) is 0 Å². The zero-order chi connectivity index (χ0) is 11.0. The predicted octanol–water partition coefficient (Wildman–Crippen LogP) is 0.715. The molecule has 0 aliphatic heterocycles. The molecule has 0 rings (SSSR count). The first-order valence-corrected chi connectivity index (χ1v) is 4.63. The van der Waals surface area contributed by atoms with Gasteiger partial charge in [0.05, 0.1) is 5.92 Å². The van der Waals surface area contributed by atoms with Crippen molar-refractivity contribution < 1.29 is 24.9 Å². The minimum atomic E-state index is -0.913. The maximum atomic E-state index is 10.7. The van der Waals surface area contributed by atoms with E-state index in [0.717, 1.165) is 0 Å². The van der Waals surface area contributed by atoms with Gasteiger partial charge in [0.1, 0.15) is 0 Å². The Labute approximate surface area is 82.4 Å². The summed E-state index contributed by atoms with van der Waals surface area (Å²) in [6.07, 6.45) is 1.59. The number of aliphatic carboxylic acids is 2. The summed E-state index contributed by atoms with van der Waals surface area (Å²) in [5.74, 6) is -2.35. The number of rotatable bonds is 8. The van der Waals surface area contributed by atoms with Crippen LogP contribution in [0.15, 0.2) is 0 Å². The van der Waals surface area contributed by atoms with Crippen molar-refractivity contribution >= 4 is 11.9 Å². The van der Waals surface area contributed by atoms with Crippen LogP contribution in [0.4, 0.5) is 0 Å². The lowest BCUT2D eigenvalue weighted by Gasteiger charge is -2.09. The van der Waals surface area contributed by atoms with Crippen LogP contribution < -0.4 is 0 Å². The van der Waals surface area contributed by atoms with Crippen LogP contribution in [-0.2, 0) is 9.59 Å². The van der Waals surface area contributed by atoms with Gasteiger partial charge in [0.2, 0.25) is 0 Å². The van der Waals surface area contributed by atoms with Crippen molar-refractivity contribution in [3.63, 3.8) is 0 Å². The van der Waals surface area contributed by atoms with E-state index >= 15 is 0 Å². The Morgan fingerprint density at radius 3 is 2.07 bits per heavy atom. The molecule has 0 bridgehead atoms. The van der Waals surface area contributed by atoms with Crippen LogP contribution in [0, 0.1) is 5.92 Å². The number of carboxylic acid groups (broad SMARTS) is 2. The van der Waals surface area contributed by atoms with E-state index in [9.17, 15) is 9.59 Å². The van der Waals surface area contributed by atoms with Gasteiger partial charge in [-0.15, -0.1) is 0 Å². The molecule has 5 nitrogen and oxygen atoms in total. The quantitative estimate of drug-likeness (QED) is 0.541. The standard InChI is InChI=1S/C9H16O5/c10-6-2-4-7(9(13)14)3-1-5-8(11)12/h7,10H,1-6H2,(H,11,12)(H,13,14). The fraction of sp³-hybridized carbons (Fsp3) is 0.778. The minimum absolute atomic E-state index is 0.00288.